The van der Waals surface area contributed by atoms with Gasteiger partial charge in [0.1, 0.15) is 43.2 Å². The van der Waals surface area contributed by atoms with Crippen molar-refractivity contribution in [3.8, 4) is 11.6 Å². The van der Waals surface area contributed by atoms with Crippen molar-refractivity contribution in [1.82, 2.24) is 9.78 Å². The number of hydroxylamine groups is 1. The first-order valence-electron chi connectivity index (χ1n) is 16.1. The summed E-state index contributed by atoms with van der Waals surface area (Å²) in [5.41, 5.74) is 13.4. The normalized spacial score (nSPS) is 28.7. The number of carboxylic acids is 1. The van der Waals surface area contributed by atoms with Gasteiger partial charge in [-0.25, -0.2) is 14.3 Å². The molecule has 1 saturated heterocycles. The molecule has 2 aliphatic rings. The number of aliphatic imine (C=N–C) groups is 1. The van der Waals surface area contributed by atoms with Crippen LogP contribution in [0.25, 0.3) is 5.69 Å². The van der Waals surface area contributed by atoms with Crippen molar-refractivity contribution in [2.24, 2.45) is 16.5 Å². The number of methoxy groups -OCH3 is 1. The van der Waals surface area contributed by atoms with Crippen molar-refractivity contribution >= 4 is 35.2 Å². The fourth-order valence-electron chi connectivity index (χ4n) is 5.48. The molecule has 2 aromatic carbocycles. The summed E-state index contributed by atoms with van der Waals surface area (Å²) < 4.78 is 23.2. The molecule has 1 amide bonds. The minimum Gasteiger partial charge on any atom is -0.475 e. The number of halogens is 1. The zero-order valence-electron chi connectivity index (χ0n) is 28.8. The summed E-state index contributed by atoms with van der Waals surface area (Å²) in [6, 6.07) is 14.8. The van der Waals surface area contributed by atoms with Crippen molar-refractivity contribution in [3.63, 3.8) is 0 Å². The minimum absolute atomic E-state index is 0.145. The SMILES string of the molecule is COC(=O)N(OC)c1ccccc1COc1ccn(-c2ccc(Cl)cc2)n1.C[C@H]1O[C@H](OC2[C@@H](O)[C@@H](O)C(O)[C@H](O)[C@H]2O)[C@@H](N)C[C@@H]1N=C(N)C(=O)O. The molecule has 0 radical (unpaired) electrons. The zero-order chi connectivity index (χ0) is 39.0. The highest BCUT2D eigenvalue weighted by atomic mass is 35.5. The van der Waals surface area contributed by atoms with E-state index in [-0.39, 0.29) is 13.0 Å². The van der Waals surface area contributed by atoms with Crippen molar-refractivity contribution < 1.29 is 64.0 Å². The predicted molar refractivity (Wildman–Crippen MR) is 186 cm³/mol. The number of hydrogen-bond acceptors (Lipinski definition) is 15. The highest BCUT2D eigenvalue weighted by molar-refractivity contribution is 6.33. The summed E-state index contributed by atoms with van der Waals surface area (Å²) in [5.74, 6) is -1.52. The van der Waals surface area contributed by atoms with Crippen LogP contribution < -0.4 is 21.3 Å². The van der Waals surface area contributed by atoms with E-state index in [1.807, 2.05) is 24.3 Å². The van der Waals surface area contributed by atoms with Crippen LogP contribution in [0.15, 0.2) is 65.8 Å². The average molecular weight is 767 g/mol. The number of amides is 1. The molecule has 2 heterocycles. The Balaban J connectivity index is 0.000000237. The summed E-state index contributed by atoms with van der Waals surface area (Å²) in [7, 11) is 2.68. The lowest BCUT2D eigenvalue weighted by Gasteiger charge is -2.45. The zero-order valence-corrected chi connectivity index (χ0v) is 29.6. The van der Waals surface area contributed by atoms with E-state index in [0.29, 0.717) is 16.6 Å². The van der Waals surface area contributed by atoms with Crippen molar-refractivity contribution in [1.29, 1.82) is 0 Å². The van der Waals surface area contributed by atoms with Crippen LogP contribution in [0, 0.1) is 0 Å². The molecule has 20 heteroatoms. The van der Waals surface area contributed by atoms with Crippen LogP contribution >= 0.6 is 11.6 Å². The average Bonchev–Trinajstić information content (AvgIpc) is 3.63. The van der Waals surface area contributed by atoms with Gasteiger partial charge in [0.2, 0.25) is 11.7 Å². The topological polar surface area (TPSA) is 287 Å². The molecule has 0 spiro atoms. The second-order valence-electron chi connectivity index (χ2n) is 12.0. The third kappa shape index (κ3) is 10.2. The van der Waals surface area contributed by atoms with Crippen molar-refractivity contribution in [3.05, 3.63) is 71.4 Å². The summed E-state index contributed by atoms with van der Waals surface area (Å²) in [4.78, 5) is 31.6. The number of nitrogens with zero attached hydrogens (tertiary/aromatic N) is 4. The van der Waals surface area contributed by atoms with E-state index >= 15 is 0 Å². The maximum atomic E-state index is 11.9. The minimum atomic E-state index is -1.74. The van der Waals surface area contributed by atoms with Gasteiger partial charge in [-0.1, -0.05) is 29.8 Å². The van der Waals surface area contributed by atoms with E-state index in [1.165, 1.54) is 14.2 Å². The molecule has 10 N–H and O–H groups in total. The Morgan fingerprint density at radius 2 is 1.62 bits per heavy atom. The van der Waals surface area contributed by atoms with E-state index in [0.717, 1.165) is 16.3 Å². The Hall–Kier alpha value is -4.41. The number of carboxylic acid groups (broad SMARTS) is 1. The van der Waals surface area contributed by atoms with Gasteiger partial charge >= 0.3 is 12.1 Å². The predicted octanol–water partition coefficient (Wildman–Crippen LogP) is -0.299. The lowest BCUT2D eigenvalue weighted by atomic mass is 9.84. The second-order valence-corrected chi connectivity index (χ2v) is 12.4. The van der Waals surface area contributed by atoms with Gasteiger partial charge in [-0.15, -0.1) is 5.10 Å². The summed E-state index contributed by atoms with van der Waals surface area (Å²) >= 11 is 5.91. The number of para-hydroxylation sites is 1. The van der Waals surface area contributed by atoms with Crippen LogP contribution in [0.4, 0.5) is 10.5 Å². The maximum absolute atomic E-state index is 11.9. The molecule has 290 valence electrons. The Morgan fingerprint density at radius 1 is 1.00 bits per heavy atom. The lowest BCUT2D eigenvalue weighted by molar-refractivity contribution is -0.293. The number of aromatic nitrogens is 2. The van der Waals surface area contributed by atoms with Crippen LogP contribution in [-0.2, 0) is 30.4 Å². The number of carbonyl (C=O) groups excluding carboxylic acids is 1. The number of ether oxygens (including phenoxy) is 4. The van der Waals surface area contributed by atoms with Gasteiger partial charge in [-0.3, -0.25) is 9.83 Å². The highest BCUT2D eigenvalue weighted by Gasteiger charge is 2.51. The van der Waals surface area contributed by atoms with E-state index in [9.17, 15) is 35.1 Å². The molecular formula is C33H43ClN6O13. The van der Waals surface area contributed by atoms with Crippen LogP contribution in [0.1, 0.15) is 18.9 Å². The monoisotopic (exact) mass is 766 g/mol. The van der Waals surface area contributed by atoms with Crippen LogP contribution in [-0.4, -0.2) is 134 Å². The third-order valence-electron chi connectivity index (χ3n) is 8.41. The Kier molecular flexibility index (Phi) is 14.5. The molecule has 3 aromatic rings. The number of nitrogens with two attached hydrogens (primary N) is 2. The standard InChI is InChI=1S/C19H18ClN3O4.C14H25N3O9/c1-25-19(24)23(26-2)17-6-4-3-5-14(17)13-27-18-11-12-22(21-18)16-9-7-15(20)8-10-16;1-3-5(17-12(16)13(23)24)2-4(15)14(25-3)26-11-9(21)7(19)6(18)8(20)10(11)22/h3-12H,13H2,1-2H3;3-11,14,18-22H,2,15H2,1H3,(H2,16,17)(H,23,24)/t;3-,4+,5+,6?,7+,8+,9-,10+,11?,14-/m.1/s1. The number of rotatable bonds is 9. The van der Waals surface area contributed by atoms with Gasteiger partial charge < -0.3 is 61.1 Å². The Labute approximate surface area is 308 Å². The molecule has 2 fully saturated rings. The first-order valence-corrected chi connectivity index (χ1v) is 16.5. The maximum Gasteiger partial charge on any atom is 0.438 e. The molecule has 0 bridgehead atoms. The highest BCUT2D eigenvalue weighted by Crippen LogP contribution is 2.29. The van der Waals surface area contributed by atoms with Crippen molar-refractivity contribution in [2.75, 3.05) is 19.3 Å². The Morgan fingerprint density at radius 3 is 2.23 bits per heavy atom. The Bertz CT molecular complexity index is 1680. The van der Waals surface area contributed by atoms with Crippen LogP contribution in [0.5, 0.6) is 5.88 Å². The number of aliphatic hydroxyl groups is 5. The van der Waals surface area contributed by atoms with Gasteiger partial charge in [-0.2, -0.15) is 5.06 Å². The molecule has 1 aliphatic heterocycles. The molecule has 5 rings (SSSR count). The van der Waals surface area contributed by atoms with E-state index < -0.39 is 79.0 Å². The molecule has 19 nitrogen and oxygen atoms in total. The molecule has 2 unspecified atom stereocenters. The molecule has 10 atom stereocenters. The van der Waals surface area contributed by atoms with Gasteiger partial charge in [0, 0.05) is 22.8 Å². The summed E-state index contributed by atoms with van der Waals surface area (Å²) in [6.45, 7) is 1.79. The van der Waals surface area contributed by atoms with Crippen LogP contribution in [0.2, 0.25) is 5.02 Å². The van der Waals surface area contributed by atoms with Crippen LogP contribution in [0.3, 0.4) is 0 Å². The summed E-state index contributed by atoms with van der Waals surface area (Å²) in [6.07, 6.45) is -10.5. The first-order chi connectivity index (χ1) is 25.2. The smallest absolute Gasteiger partial charge is 0.438 e. The molecule has 53 heavy (non-hydrogen) atoms. The van der Waals surface area contributed by atoms with E-state index in [2.05, 4.69) is 10.1 Å². The lowest BCUT2D eigenvalue weighted by Crippen LogP contribution is -2.66. The number of aliphatic hydroxyl groups excluding tert-OH is 5. The third-order valence-corrected chi connectivity index (χ3v) is 8.66. The molecule has 1 aliphatic carbocycles. The first kappa shape index (κ1) is 41.3. The number of carbonyl (C=O) groups is 2. The summed E-state index contributed by atoms with van der Waals surface area (Å²) in [5, 5.41) is 63.9. The number of amidine groups is 1. The van der Waals surface area contributed by atoms with E-state index in [4.69, 9.17) is 52.0 Å². The number of aliphatic carboxylic acids is 1. The van der Waals surface area contributed by atoms with Gasteiger partial charge in [0.25, 0.3) is 0 Å². The van der Waals surface area contributed by atoms with Crippen molar-refractivity contribution in [2.45, 2.75) is 81.1 Å². The molecule has 1 saturated carbocycles. The number of hydrogen-bond donors (Lipinski definition) is 8. The fourth-order valence-corrected chi connectivity index (χ4v) is 5.61. The number of anilines is 1. The second kappa shape index (κ2) is 18.6. The largest absolute Gasteiger partial charge is 0.475 e. The van der Waals surface area contributed by atoms with Gasteiger partial charge in [0.15, 0.2) is 6.29 Å². The van der Waals surface area contributed by atoms with E-state index in [1.54, 1.807) is 48.1 Å². The van der Waals surface area contributed by atoms with Gasteiger partial charge in [-0.05, 0) is 43.7 Å². The molecule has 1 aromatic heterocycles. The number of benzene rings is 2. The quantitative estimate of drug-likeness (QED) is 0.0788. The molecular weight excluding hydrogens is 724 g/mol. The van der Waals surface area contributed by atoms with Gasteiger partial charge in [0.05, 0.1) is 43.8 Å². The fraction of sp³-hybridized carbons (Fsp3) is 0.455.